The molecule has 0 saturated heterocycles. The summed E-state index contributed by atoms with van der Waals surface area (Å²) in [6.45, 7) is 8.32. The lowest BCUT2D eigenvalue weighted by atomic mass is 9.85. The second-order valence-electron chi connectivity index (χ2n) is 5.81. The van der Waals surface area contributed by atoms with Crippen molar-refractivity contribution >= 4 is 5.69 Å². The fraction of sp³-hybridized carbons (Fsp3) is 0.600. The van der Waals surface area contributed by atoms with Crippen molar-refractivity contribution in [2.75, 3.05) is 5.73 Å². The summed E-state index contributed by atoms with van der Waals surface area (Å²) >= 11 is 0. The lowest BCUT2D eigenvalue weighted by Gasteiger charge is -2.26. The standard InChI is InChI=1S/C15H25NO/c1-5-11-6-8-13(16)12(10-11)7-9-14(17)15(2,3)4/h6,8,10,14,17H,5,7,9,16H2,1-4H3. The number of benzene rings is 1. The third-order valence-electron chi connectivity index (χ3n) is 3.30. The SMILES string of the molecule is CCc1ccc(N)c(CCC(O)C(C)(C)C)c1. The number of hydrogen-bond acceptors (Lipinski definition) is 2. The van der Waals surface area contributed by atoms with E-state index in [9.17, 15) is 5.11 Å². The maximum absolute atomic E-state index is 10.0. The van der Waals surface area contributed by atoms with Crippen LogP contribution in [0.4, 0.5) is 5.69 Å². The van der Waals surface area contributed by atoms with Crippen LogP contribution in [-0.2, 0) is 12.8 Å². The Morgan fingerprint density at radius 3 is 2.47 bits per heavy atom. The van der Waals surface area contributed by atoms with Gasteiger partial charge in [0.05, 0.1) is 6.10 Å². The third kappa shape index (κ3) is 4.04. The Labute approximate surface area is 105 Å². The molecule has 0 bridgehead atoms. The van der Waals surface area contributed by atoms with Crippen LogP contribution in [0, 0.1) is 5.41 Å². The van der Waals surface area contributed by atoms with E-state index in [1.807, 2.05) is 6.07 Å². The van der Waals surface area contributed by atoms with E-state index < -0.39 is 0 Å². The fourth-order valence-electron chi connectivity index (χ4n) is 1.82. The Morgan fingerprint density at radius 1 is 1.29 bits per heavy atom. The van der Waals surface area contributed by atoms with Crippen molar-refractivity contribution < 1.29 is 5.11 Å². The second kappa shape index (κ2) is 5.54. The molecule has 96 valence electrons. The Balaban J connectivity index is 2.69. The number of aliphatic hydroxyl groups is 1. The number of hydrogen-bond donors (Lipinski definition) is 2. The van der Waals surface area contributed by atoms with Gasteiger partial charge in [0.2, 0.25) is 0 Å². The predicted molar refractivity (Wildman–Crippen MR) is 74.0 cm³/mol. The van der Waals surface area contributed by atoms with Crippen molar-refractivity contribution in [1.82, 2.24) is 0 Å². The van der Waals surface area contributed by atoms with E-state index in [2.05, 4.69) is 39.8 Å². The van der Waals surface area contributed by atoms with E-state index >= 15 is 0 Å². The summed E-state index contributed by atoms with van der Waals surface area (Å²) in [7, 11) is 0. The number of aryl methyl sites for hydroxylation is 2. The van der Waals surface area contributed by atoms with Gasteiger partial charge in [0.25, 0.3) is 0 Å². The molecule has 0 aliphatic carbocycles. The van der Waals surface area contributed by atoms with E-state index in [4.69, 9.17) is 5.73 Å². The number of nitrogen functional groups attached to an aromatic ring is 1. The van der Waals surface area contributed by atoms with E-state index in [1.54, 1.807) is 0 Å². The summed E-state index contributed by atoms with van der Waals surface area (Å²) in [4.78, 5) is 0. The summed E-state index contributed by atoms with van der Waals surface area (Å²) in [6.07, 6.45) is 2.35. The first kappa shape index (κ1) is 14.0. The molecule has 17 heavy (non-hydrogen) atoms. The summed E-state index contributed by atoms with van der Waals surface area (Å²) in [5.41, 5.74) is 9.20. The first-order valence-corrected chi connectivity index (χ1v) is 6.40. The zero-order chi connectivity index (χ0) is 13.1. The zero-order valence-electron chi connectivity index (χ0n) is 11.5. The summed E-state index contributed by atoms with van der Waals surface area (Å²) in [5, 5.41) is 10.0. The molecule has 1 atom stereocenters. The highest BCUT2D eigenvalue weighted by atomic mass is 16.3. The van der Waals surface area contributed by atoms with Crippen LogP contribution >= 0.6 is 0 Å². The molecule has 0 radical (unpaired) electrons. The lowest BCUT2D eigenvalue weighted by molar-refractivity contribution is 0.0560. The minimum absolute atomic E-state index is 0.0584. The quantitative estimate of drug-likeness (QED) is 0.787. The average molecular weight is 235 g/mol. The molecule has 1 unspecified atom stereocenters. The van der Waals surface area contributed by atoms with Crippen molar-refractivity contribution in [2.24, 2.45) is 5.41 Å². The molecule has 0 fully saturated rings. The molecule has 0 saturated carbocycles. The van der Waals surface area contributed by atoms with Gasteiger partial charge in [0.1, 0.15) is 0 Å². The van der Waals surface area contributed by atoms with Crippen LogP contribution in [-0.4, -0.2) is 11.2 Å². The van der Waals surface area contributed by atoms with Gasteiger partial charge in [0, 0.05) is 5.69 Å². The average Bonchev–Trinajstić information content (AvgIpc) is 2.26. The summed E-state index contributed by atoms with van der Waals surface area (Å²) < 4.78 is 0. The van der Waals surface area contributed by atoms with E-state index in [0.29, 0.717) is 0 Å². The largest absolute Gasteiger partial charge is 0.399 e. The van der Waals surface area contributed by atoms with Crippen LogP contribution in [0.15, 0.2) is 18.2 Å². The van der Waals surface area contributed by atoms with Gasteiger partial charge in [-0.2, -0.15) is 0 Å². The minimum atomic E-state index is -0.285. The van der Waals surface area contributed by atoms with Crippen LogP contribution < -0.4 is 5.73 Å². The highest BCUT2D eigenvalue weighted by molar-refractivity contribution is 5.48. The summed E-state index contributed by atoms with van der Waals surface area (Å²) in [6, 6.07) is 6.20. The monoisotopic (exact) mass is 235 g/mol. The van der Waals surface area contributed by atoms with Crippen molar-refractivity contribution in [3.05, 3.63) is 29.3 Å². The molecule has 1 aromatic carbocycles. The predicted octanol–water partition coefficient (Wildman–Crippen LogP) is 3.17. The number of rotatable bonds is 4. The molecular formula is C15H25NO. The maximum Gasteiger partial charge on any atom is 0.0591 e. The smallest absolute Gasteiger partial charge is 0.0591 e. The van der Waals surface area contributed by atoms with Crippen LogP contribution in [0.2, 0.25) is 0 Å². The lowest BCUT2D eigenvalue weighted by Crippen LogP contribution is -2.26. The molecule has 0 aliphatic rings. The second-order valence-corrected chi connectivity index (χ2v) is 5.81. The van der Waals surface area contributed by atoms with Crippen molar-refractivity contribution in [1.29, 1.82) is 0 Å². The Hall–Kier alpha value is -1.02. The highest BCUT2D eigenvalue weighted by Crippen LogP contribution is 2.24. The molecule has 0 amide bonds. The van der Waals surface area contributed by atoms with Gasteiger partial charge < -0.3 is 10.8 Å². The minimum Gasteiger partial charge on any atom is -0.399 e. The van der Waals surface area contributed by atoms with Gasteiger partial charge in [-0.25, -0.2) is 0 Å². The molecular weight excluding hydrogens is 210 g/mol. The molecule has 2 nitrogen and oxygen atoms in total. The first-order valence-electron chi connectivity index (χ1n) is 6.40. The molecule has 1 rings (SSSR count). The Morgan fingerprint density at radius 2 is 1.94 bits per heavy atom. The van der Waals surface area contributed by atoms with Crippen LogP contribution in [0.25, 0.3) is 0 Å². The third-order valence-corrected chi connectivity index (χ3v) is 3.30. The normalized spacial score (nSPS) is 13.7. The topological polar surface area (TPSA) is 46.2 Å². The summed E-state index contributed by atoms with van der Waals surface area (Å²) in [5.74, 6) is 0. The fourth-order valence-corrected chi connectivity index (χ4v) is 1.82. The van der Waals surface area contributed by atoms with Crippen LogP contribution in [0.3, 0.4) is 0 Å². The molecule has 2 heteroatoms. The van der Waals surface area contributed by atoms with Gasteiger partial charge in [-0.1, -0.05) is 39.8 Å². The van der Waals surface area contributed by atoms with Gasteiger partial charge in [-0.3, -0.25) is 0 Å². The molecule has 0 aromatic heterocycles. The van der Waals surface area contributed by atoms with Gasteiger partial charge in [-0.05, 0) is 41.9 Å². The maximum atomic E-state index is 10.0. The van der Waals surface area contributed by atoms with Crippen molar-refractivity contribution in [3.63, 3.8) is 0 Å². The van der Waals surface area contributed by atoms with Gasteiger partial charge in [0.15, 0.2) is 0 Å². The highest BCUT2D eigenvalue weighted by Gasteiger charge is 2.21. The van der Waals surface area contributed by atoms with Gasteiger partial charge in [-0.15, -0.1) is 0 Å². The molecule has 3 N–H and O–H groups in total. The molecule has 0 aliphatic heterocycles. The van der Waals surface area contributed by atoms with Crippen LogP contribution in [0.5, 0.6) is 0 Å². The van der Waals surface area contributed by atoms with E-state index in [-0.39, 0.29) is 11.5 Å². The molecule has 0 spiro atoms. The Bertz CT molecular complexity index is 366. The number of anilines is 1. The molecule has 0 heterocycles. The first-order chi connectivity index (χ1) is 7.84. The number of aliphatic hydroxyl groups excluding tert-OH is 1. The van der Waals surface area contributed by atoms with Crippen molar-refractivity contribution in [2.45, 2.75) is 53.1 Å². The van der Waals surface area contributed by atoms with Crippen molar-refractivity contribution in [3.8, 4) is 0 Å². The van der Waals surface area contributed by atoms with Gasteiger partial charge >= 0.3 is 0 Å². The van der Waals surface area contributed by atoms with E-state index in [1.165, 1.54) is 5.56 Å². The van der Waals surface area contributed by atoms with Crippen LogP contribution in [0.1, 0.15) is 45.2 Å². The molecule has 1 aromatic rings. The number of nitrogens with two attached hydrogens (primary N) is 1. The van der Waals surface area contributed by atoms with E-state index in [0.717, 1.165) is 30.5 Å². The Kier molecular flexibility index (Phi) is 4.58. The zero-order valence-corrected chi connectivity index (χ0v) is 11.5.